The highest BCUT2D eigenvalue weighted by atomic mass is 32.2. The number of ether oxygens (including phenoxy) is 2. The van der Waals surface area contributed by atoms with Crippen LogP contribution in [0, 0.1) is 0 Å². The number of hydrogen-bond donors (Lipinski definition) is 2. The van der Waals surface area contributed by atoms with Gasteiger partial charge in [-0.05, 0) is 31.3 Å². The van der Waals surface area contributed by atoms with Crippen molar-refractivity contribution in [3.8, 4) is 5.75 Å². The van der Waals surface area contributed by atoms with Crippen molar-refractivity contribution in [3.05, 3.63) is 29.8 Å². The van der Waals surface area contributed by atoms with E-state index in [0.29, 0.717) is 5.69 Å². The zero-order chi connectivity index (χ0) is 19.3. The second-order valence-electron chi connectivity index (χ2n) is 7.18. The van der Waals surface area contributed by atoms with Gasteiger partial charge < -0.3 is 19.7 Å². The molecule has 1 aromatic rings. The van der Waals surface area contributed by atoms with Crippen LogP contribution in [0.25, 0.3) is 6.08 Å². The van der Waals surface area contributed by atoms with E-state index in [4.69, 9.17) is 9.47 Å². The molecule has 27 heavy (non-hydrogen) atoms. The molecule has 0 radical (unpaired) electrons. The highest BCUT2D eigenvalue weighted by molar-refractivity contribution is 7.92. The average molecular weight is 396 g/mol. The van der Waals surface area contributed by atoms with Gasteiger partial charge in [-0.2, -0.15) is 0 Å². The highest BCUT2D eigenvalue weighted by Crippen LogP contribution is 2.38. The van der Waals surface area contributed by atoms with E-state index < -0.39 is 10.0 Å². The molecule has 2 aliphatic heterocycles. The molecule has 0 saturated carbocycles. The summed E-state index contributed by atoms with van der Waals surface area (Å²) in [4.78, 5) is 2.41. The predicted molar refractivity (Wildman–Crippen MR) is 108 cm³/mol. The van der Waals surface area contributed by atoms with Gasteiger partial charge in [0.2, 0.25) is 10.0 Å². The highest BCUT2D eigenvalue weighted by Gasteiger charge is 2.36. The quantitative estimate of drug-likeness (QED) is 0.650. The monoisotopic (exact) mass is 395 g/mol. The molecule has 0 aromatic heterocycles. The Bertz CT molecular complexity index is 771. The summed E-state index contributed by atoms with van der Waals surface area (Å²) in [5.41, 5.74) is 1.19. The van der Waals surface area contributed by atoms with Crippen molar-refractivity contribution in [1.82, 2.24) is 10.2 Å². The lowest BCUT2D eigenvalue weighted by Gasteiger charge is -2.42. The number of hydrogen-bond acceptors (Lipinski definition) is 6. The van der Waals surface area contributed by atoms with Gasteiger partial charge >= 0.3 is 0 Å². The Hall–Kier alpha value is -1.61. The average Bonchev–Trinajstić information content (AvgIpc) is 2.62. The molecule has 7 nitrogen and oxygen atoms in total. The molecule has 0 unspecified atom stereocenters. The molecule has 8 heteroatoms. The smallest absolute Gasteiger partial charge is 0.229 e. The standard InChI is InChI=1S/C19H29N3O4S/c1-20-9-13-25-14-12-22-10-7-19(8-11-22)6-5-16-15-17(21-27(2,23)24)3-4-18(16)26-19/h3-6,15,20-21H,7-14H2,1-2H3. The van der Waals surface area contributed by atoms with Crippen molar-refractivity contribution in [1.29, 1.82) is 0 Å². The van der Waals surface area contributed by atoms with Crippen LogP contribution < -0.4 is 14.8 Å². The minimum absolute atomic E-state index is 0.262. The minimum atomic E-state index is -3.28. The number of sulfonamides is 1. The fraction of sp³-hybridized carbons (Fsp3) is 0.579. The molecule has 0 bridgehead atoms. The van der Waals surface area contributed by atoms with E-state index in [9.17, 15) is 8.42 Å². The van der Waals surface area contributed by atoms with Gasteiger partial charge in [-0.3, -0.25) is 4.72 Å². The molecular weight excluding hydrogens is 366 g/mol. The molecule has 1 fully saturated rings. The van der Waals surface area contributed by atoms with Crippen molar-refractivity contribution in [2.75, 3.05) is 57.4 Å². The first-order chi connectivity index (χ1) is 12.9. The lowest BCUT2D eigenvalue weighted by molar-refractivity contribution is 0.0255. The number of anilines is 1. The molecule has 0 atom stereocenters. The number of likely N-dealkylation sites (N-methyl/N-ethyl adjacent to an activating group) is 1. The van der Waals surface area contributed by atoms with E-state index in [1.165, 1.54) is 0 Å². The molecule has 1 spiro atoms. The maximum Gasteiger partial charge on any atom is 0.229 e. The lowest BCUT2D eigenvalue weighted by Crippen LogP contribution is -2.48. The summed E-state index contributed by atoms with van der Waals surface area (Å²) >= 11 is 0. The Balaban J connectivity index is 1.53. The summed E-state index contributed by atoms with van der Waals surface area (Å²) in [7, 11) is -1.36. The van der Waals surface area contributed by atoms with Gasteiger partial charge in [0.25, 0.3) is 0 Å². The molecule has 2 heterocycles. The van der Waals surface area contributed by atoms with Gasteiger partial charge in [-0.1, -0.05) is 6.08 Å². The Labute approximate surface area is 161 Å². The van der Waals surface area contributed by atoms with Crippen LogP contribution in [-0.4, -0.2) is 71.6 Å². The summed E-state index contributed by atoms with van der Waals surface area (Å²) in [5, 5.41) is 3.07. The number of nitrogens with zero attached hydrogens (tertiary/aromatic N) is 1. The van der Waals surface area contributed by atoms with Gasteiger partial charge in [0.15, 0.2) is 0 Å². The maximum atomic E-state index is 11.4. The molecule has 150 valence electrons. The van der Waals surface area contributed by atoms with Crippen molar-refractivity contribution < 1.29 is 17.9 Å². The summed E-state index contributed by atoms with van der Waals surface area (Å²) in [6.45, 7) is 5.27. The second-order valence-corrected chi connectivity index (χ2v) is 8.93. The predicted octanol–water partition coefficient (Wildman–Crippen LogP) is 1.53. The molecule has 1 saturated heterocycles. The molecule has 0 aliphatic carbocycles. The molecule has 2 aliphatic rings. The Morgan fingerprint density at radius 3 is 2.74 bits per heavy atom. The fourth-order valence-electron chi connectivity index (χ4n) is 3.44. The van der Waals surface area contributed by atoms with Crippen LogP contribution in [0.5, 0.6) is 5.75 Å². The topological polar surface area (TPSA) is 79.9 Å². The van der Waals surface area contributed by atoms with E-state index >= 15 is 0 Å². The SMILES string of the molecule is CNCCOCCN1CCC2(C=Cc3cc(NS(C)(=O)=O)ccc3O2)CC1. The molecule has 2 N–H and O–H groups in total. The number of fused-ring (bicyclic) bond motifs is 1. The van der Waals surface area contributed by atoms with Crippen LogP contribution >= 0.6 is 0 Å². The first-order valence-corrected chi connectivity index (χ1v) is 11.2. The summed E-state index contributed by atoms with van der Waals surface area (Å²) in [6.07, 6.45) is 7.18. The third kappa shape index (κ3) is 5.68. The summed E-state index contributed by atoms with van der Waals surface area (Å²) < 4.78 is 37.2. The molecule has 0 amide bonds. The summed E-state index contributed by atoms with van der Waals surface area (Å²) in [5.74, 6) is 0.806. The Kier molecular flexibility index (Phi) is 6.41. The number of benzene rings is 1. The number of piperidine rings is 1. The van der Waals surface area contributed by atoms with Crippen molar-refractivity contribution in [2.45, 2.75) is 18.4 Å². The van der Waals surface area contributed by atoms with Crippen LogP contribution in [0.15, 0.2) is 24.3 Å². The van der Waals surface area contributed by atoms with Crippen LogP contribution in [-0.2, 0) is 14.8 Å². The lowest BCUT2D eigenvalue weighted by atomic mass is 9.88. The first kappa shape index (κ1) is 20.1. The number of nitrogens with one attached hydrogen (secondary N) is 2. The van der Waals surface area contributed by atoms with Crippen molar-refractivity contribution in [2.24, 2.45) is 0 Å². The van der Waals surface area contributed by atoms with Gasteiger partial charge in [-0.25, -0.2) is 8.42 Å². The Morgan fingerprint density at radius 1 is 1.26 bits per heavy atom. The van der Waals surface area contributed by atoms with Crippen molar-refractivity contribution in [3.63, 3.8) is 0 Å². The van der Waals surface area contributed by atoms with Gasteiger partial charge in [0.1, 0.15) is 11.4 Å². The number of likely N-dealkylation sites (tertiary alicyclic amines) is 1. The normalized spacial score (nSPS) is 18.9. The minimum Gasteiger partial charge on any atom is -0.482 e. The van der Waals surface area contributed by atoms with Crippen LogP contribution in [0.4, 0.5) is 5.69 Å². The number of rotatable bonds is 8. The van der Waals surface area contributed by atoms with Crippen LogP contribution in [0.3, 0.4) is 0 Å². The first-order valence-electron chi connectivity index (χ1n) is 9.34. The third-order valence-corrected chi connectivity index (χ3v) is 5.55. The second kappa shape index (κ2) is 8.60. The summed E-state index contributed by atoms with van der Waals surface area (Å²) in [6, 6.07) is 5.39. The zero-order valence-electron chi connectivity index (χ0n) is 16.0. The van der Waals surface area contributed by atoms with Crippen LogP contribution in [0.2, 0.25) is 0 Å². The van der Waals surface area contributed by atoms with E-state index in [-0.39, 0.29) is 5.60 Å². The van der Waals surface area contributed by atoms with E-state index in [1.807, 2.05) is 19.2 Å². The Morgan fingerprint density at radius 2 is 2.04 bits per heavy atom. The van der Waals surface area contributed by atoms with E-state index in [0.717, 1.165) is 69.8 Å². The maximum absolute atomic E-state index is 11.4. The zero-order valence-corrected chi connectivity index (χ0v) is 16.8. The largest absolute Gasteiger partial charge is 0.482 e. The molecular formula is C19H29N3O4S. The molecule has 3 rings (SSSR count). The van der Waals surface area contributed by atoms with Crippen molar-refractivity contribution >= 4 is 21.8 Å². The van der Waals surface area contributed by atoms with Gasteiger partial charge in [0, 0.05) is 50.3 Å². The third-order valence-electron chi connectivity index (χ3n) is 4.94. The van der Waals surface area contributed by atoms with E-state index in [2.05, 4.69) is 21.0 Å². The van der Waals surface area contributed by atoms with Crippen LogP contribution in [0.1, 0.15) is 18.4 Å². The van der Waals surface area contributed by atoms with E-state index in [1.54, 1.807) is 12.1 Å². The van der Waals surface area contributed by atoms with Gasteiger partial charge in [0.05, 0.1) is 19.5 Å². The molecule has 1 aromatic carbocycles. The fourth-order valence-corrected chi connectivity index (χ4v) is 3.99. The van der Waals surface area contributed by atoms with Gasteiger partial charge in [-0.15, -0.1) is 0 Å².